The van der Waals surface area contributed by atoms with Crippen LogP contribution in [0.2, 0.25) is 5.02 Å². The van der Waals surface area contributed by atoms with Crippen molar-refractivity contribution >= 4 is 28.8 Å². The van der Waals surface area contributed by atoms with E-state index in [2.05, 4.69) is 25.6 Å². The second kappa shape index (κ2) is 6.69. The van der Waals surface area contributed by atoms with E-state index in [1.165, 1.54) is 30.1 Å². The van der Waals surface area contributed by atoms with Gasteiger partial charge in [-0.25, -0.2) is 13.9 Å². The molecule has 0 saturated carbocycles. The first-order valence-corrected chi connectivity index (χ1v) is 8.12. The Balaban J connectivity index is 1.72. The molecule has 0 aliphatic carbocycles. The van der Waals surface area contributed by atoms with Gasteiger partial charge in [0.05, 0.1) is 30.9 Å². The maximum atomic E-state index is 14.1. The first kappa shape index (κ1) is 17.0. The largest absolute Gasteiger partial charge is 0.493 e. The number of aromatic amines is 1. The van der Waals surface area contributed by atoms with Crippen LogP contribution in [-0.2, 0) is 0 Å². The molecule has 2 N–H and O–H groups in total. The molecule has 4 aromatic rings. The molecule has 0 aliphatic rings. The summed E-state index contributed by atoms with van der Waals surface area (Å²) in [7, 11) is 1.34. The number of nitrogens with zero attached hydrogens (tertiary/aromatic N) is 4. The number of methoxy groups -OCH3 is 1. The summed E-state index contributed by atoms with van der Waals surface area (Å²) >= 11 is 5.96. The number of ether oxygens (including phenoxy) is 1. The van der Waals surface area contributed by atoms with Crippen molar-refractivity contribution in [3.63, 3.8) is 0 Å². The maximum Gasteiger partial charge on any atom is 0.261 e. The van der Waals surface area contributed by atoms with Crippen molar-refractivity contribution in [2.45, 2.75) is 0 Å². The molecule has 3 aromatic heterocycles. The number of carbonyl (C=O) groups excluding carboxylic acids is 1. The van der Waals surface area contributed by atoms with E-state index in [-0.39, 0.29) is 16.3 Å². The van der Waals surface area contributed by atoms with Crippen molar-refractivity contribution in [3.8, 4) is 17.0 Å². The SMILES string of the molecule is COc1c(F)cc(Cl)cc1-c1[nH]ncc1NC(=O)c1cnn2cccnc12. The molecule has 0 saturated heterocycles. The fourth-order valence-electron chi connectivity index (χ4n) is 2.72. The van der Waals surface area contributed by atoms with Gasteiger partial charge in [-0.1, -0.05) is 11.6 Å². The molecule has 10 heteroatoms. The number of amides is 1. The Morgan fingerprint density at radius 2 is 2.22 bits per heavy atom. The molecule has 0 atom stereocenters. The third kappa shape index (κ3) is 2.97. The minimum atomic E-state index is -0.626. The van der Waals surface area contributed by atoms with Crippen LogP contribution in [0.1, 0.15) is 10.4 Å². The summed E-state index contributed by atoms with van der Waals surface area (Å²) in [6, 6.07) is 4.36. The van der Waals surface area contributed by atoms with Crippen molar-refractivity contribution in [1.82, 2.24) is 24.8 Å². The van der Waals surface area contributed by atoms with Crippen LogP contribution in [-0.4, -0.2) is 37.8 Å². The molecule has 136 valence electrons. The quantitative estimate of drug-likeness (QED) is 0.561. The summed E-state index contributed by atoms with van der Waals surface area (Å²) < 4.78 is 20.8. The van der Waals surface area contributed by atoms with Gasteiger partial charge >= 0.3 is 0 Å². The number of fused-ring (bicyclic) bond motifs is 1. The average molecular weight is 387 g/mol. The molecule has 8 nitrogen and oxygen atoms in total. The van der Waals surface area contributed by atoms with E-state index < -0.39 is 11.7 Å². The van der Waals surface area contributed by atoms with E-state index in [9.17, 15) is 9.18 Å². The van der Waals surface area contributed by atoms with Crippen LogP contribution < -0.4 is 10.1 Å². The number of H-pyrrole nitrogens is 1. The highest BCUT2D eigenvalue weighted by Crippen LogP contribution is 2.37. The van der Waals surface area contributed by atoms with Crippen LogP contribution in [0, 0.1) is 5.82 Å². The van der Waals surface area contributed by atoms with Crippen LogP contribution in [0.4, 0.5) is 10.1 Å². The van der Waals surface area contributed by atoms with Crippen molar-refractivity contribution in [3.05, 3.63) is 59.4 Å². The number of carbonyl (C=O) groups is 1. The van der Waals surface area contributed by atoms with Gasteiger partial charge in [-0.3, -0.25) is 9.89 Å². The van der Waals surface area contributed by atoms with Crippen molar-refractivity contribution in [1.29, 1.82) is 0 Å². The summed E-state index contributed by atoms with van der Waals surface area (Å²) in [5, 5.41) is 13.7. The lowest BCUT2D eigenvalue weighted by atomic mass is 10.1. The van der Waals surface area contributed by atoms with Crippen LogP contribution in [0.5, 0.6) is 5.75 Å². The zero-order valence-corrected chi connectivity index (χ0v) is 14.7. The molecule has 0 fully saturated rings. The van der Waals surface area contributed by atoms with E-state index in [0.29, 0.717) is 22.6 Å². The Morgan fingerprint density at radius 3 is 3.04 bits per heavy atom. The van der Waals surface area contributed by atoms with E-state index >= 15 is 0 Å². The summed E-state index contributed by atoms with van der Waals surface area (Å²) in [5.74, 6) is -1.08. The van der Waals surface area contributed by atoms with Crippen LogP contribution in [0.3, 0.4) is 0 Å². The summed E-state index contributed by atoms with van der Waals surface area (Å²) in [5.41, 5.74) is 1.70. The Bertz CT molecular complexity index is 1160. The molecule has 3 heterocycles. The van der Waals surface area contributed by atoms with Gasteiger partial charge in [0, 0.05) is 23.0 Å². The first-order chi connectivity index (χ1) is 13.1. The van der Waals surface area contributed by atoms with E-state index in [1.54, 1.807) is 18.5 Å². The number of nitrogens with one attached hydrogen (secondary N) is 2. The van der Waals surface area contributed by atoms with Crippen LogP contribution in [0.25, 0.3) is 16.9 Å². The minimum Gasteiger partial charge on any atom is -0.493 e. The maximum absolute atomic E-state index is 14.1. The number of aromatic nitrogens is 5. The van der Waals surface area contributed by atoms with Gasteiger partial charge in [0.2, 0.25) is 0 Å². The van der Waals surface area contributed by atoms with Gasteiger partial charge in [-0.2, -0.15) is 10.2 Å². The minimum absolute atomic E-state index is 0.0169. The van der Waals surface area contributed by atoms with Gasteiger partial charge in [-0.15, -0.1) is 0 Å². The predicted molar refractivity (Wildman–Crippen MR) is 96.5 cm³/mol. The normalized spacial score (nSPS) is 10.9. The fraction of sp³-hybridized carbons (Fsp3) is 0.0588. The number of anilines is 1. The van der Waals surface area contributed by atoms with Crippen molar-refractivity contribution in [2.75, 3.05) is 12.4 Å². The van der Waals surface area contributed by atoms with E-state index in [1.807, 2.05) is 0 Å². The molecule has 1 amide bonds. The van der Waals surface area contributed by atoms with E-state index in [0.717, 1.165) is 6.07 Å². The Kier molecular flexibility index (Phi) is 4.21. The number of benzene rings is 1. The highest BCUT2D eigenvalue weighted by atomic mass is 35.5. The van der Waals surface area contributed by atoms with Gasteiger partial charge in [0.15, 0.2) is 17.2 Å². The van der Waals surface area contributed by atoms with E-state index in [4.69, 9.17) is 16.3 Å². The first-order valence-electron chi connectivity index (χ1n) is 7.75. The molecule has 0 bridgehead atoms. The molecule has 0 unspecified atom stereocenters. The Morgan fingerprint density at radius 1 is 1.37 bits per heavy atom. The summed E-state index contributed by atoms with van der Waals surface area (Å²) in [4.78, 5) is 16.8. The second-order valence-electron chi connectivity index (χ2n) is 5.53. The third-order valence-electron chi connectivity index (χ3n) is 3.89. The summed E-state index contributed by atoms with van der Waals surface area (Å²) in [6.45, 7) is 0. The molecular formula is C17H12ClFN6O2. The van der Waals surface area contributed by atoms with Crippen LogP contribution >= 0.6 is 11.6 Å². The molecule has 0 spiro atoms. The molecular weight excluding hydrogens is 375 g/mol. The van der Waals surface area contributed by atoms with Gasteiger partial charge < -0.3 is 10.1 Å². The standard InChI is InChI=1S/C17H12ClFN6O2/c1-27-15-10(5-9(18)6-12(15)19)14-13(8-21-24-14)23-17(26)11-7-22-25-4-2-3-20-16(11)25/h2-8H,1H3,(H,21,24)(H,23,26). The molecule has 0 radical (unpaired) electrons. The third-order valence-corrected chi connectivity index (χ3v) is 4.11. The lowest BCUT2D eigenvalue weighted by molar-refractivity contribution is 0.102. The number of hydrogen-bond donors (Lipinski definition) is 2. The number of rotatable bonds is 4. The Labute approximate surface area is 156 Å². The fourth-order valence-corrected chi connectivity index (χ4v) is 2.92. The van der Waals surface area contributed by atoms with Crippen LogP contribution in [0.15, 0.2) is 43.0 Å². The number of hydrogen-bond acceptors (Lipinski definition) is 5. The van der Waals surface area contributed by atoms with Crippen molar-refractivity contribution in [2.24, 2.45) is 0 Å². The smallest absolute Gasteiger partial charge is 0.261 e. The highest BCUT2D eigenvalue weighted by molar-refractivity contribution is 6.31. The molecule has 1 aromatic carbocycles. The molecule has 4 rings (SSSR count). The zero-order chi connectivity index (χ0) is 19.0. The number of halogens is 2. The van der Waals surface area contributed by atoms with Gasteiger partial charge in [-0.05, 0) is 18.2 Å². The topological polar surface area (TPSA) is 97.2 Å². The predicted octanol–water partition coefficient (Wildman–Crippen LogP) is 3.17. The molecule has 0 aliphatic heterocycles. The zero-order valence-electron chi connectivity index (χ0n) is 13.9. The lowest BCUT2D eigenvalue weighted by Crippen LogP contribution is -2.12. The second-order valence-corrected chi connectivity index (χ2v) is 5.96. The van der Waals surface area contributed by atoms with Gasteiger partial charge in [0.1, 0.15) is 5.56 Å². The summed E-state index contributed by atoms with van der Waals surface area (Å²) in [6.07, 6.45) is 6.07. The Hall–Kier alpha value is -3.46. The monoisotopic (exact) mass is 386 g/mol. The lowest BCUT2D eigenvalue weighted by Gasteiger charge is -2.11. The average Bonchev–Trinajstić information content (AvgIpc) is 3.27. The molecule has 27 heavy (non-hydrogen) atoms. The van der Waals surface area contributed by atoms with Crippen molar-refractivity contribution < 1.29 is 13.9 Å². The van der Waals surface area contributed by atoms with Gasteiger partial charge in [0.25, 0.3) is 5.91 Å². The highest BCUT2D eigenvalue weighted by Gasteiger charge is 2.20.